The van der Waals surface area contributed by atoms with Crippen LogP contribution >= 0.6 is 0 Å². The monoisotopic (exact) mass is 394 g/mol. The van der Waals surface area contributed by atoms with E-state index in [0.717, 1.165) is 0 Å². The maximum Gasteiger partial charge on any atom is 0.408 e. The summed E-state index contributed by atoms with van der Waals surface area (Å²) in [7, 11) is 1.53. The summed E-state index contributed by atoms with van der Waals surface area (Å²) in [4.78, 5) is 36.4. The van der Waals surface area contributed by atoms with Crippen LogP contribution in [0.4, 0.5) is 4.79 Å². The highest BCUT2D eigenvalue weighted by molar-refractivity contribution is 5.86. The van der Waals surface area contributed by atoms with Crippen LogP contribution in [0.25, 0.3) is 0 Å². The van der Waals surface area contributed by atoms with Gasteiger partial charge in [-0.15, -0.1) is 0 Å². The largest absolute Gasteiger partial charge is 0.497 e. The Morgan fingerprint density at radius 3 is 2.39 bits per heavy atom. The molecule has 8 heteroatoms. The number of amides is 2. The summed E-state index contributed by atoms with van der Waals surface area (Å²) in [5.41, 5.74) is 0.0121. The van der Waals surface area contributed by atoms with E-state index >= 15 is 0 Å². The van der Waals surface area contributed by atoms with Gasteiger partial charge in [0.1, 0.15) is 17.4 Å². The van der Waals surface area contributed by atoms with Crippen LogP contribution in [0.3, 0.4) is 0 Å². The minimum absolute atomic E-state index is 0.0497. The van der Waals surface area contributed by atoms with Gasteiger partial charge in [-0.3, -0.25) is 9.59 Å². The second-order valence-electron chi connectivity index (χ2n) is 7.21. The number of alkyl carbamates (subject to hydrolysis) is 1. The van der Waals surface area contributed by atoms with E-state index in [-0.39, 0.29) is 13.0 Å². The second kappa shape index (κ2) is 10.5. The number of carbonyl (C=O) groups excluding carboxylic acids is 3. The molecular formula is C20H30N2O6. The summed E-state index contributed by atoms with van der Waals surface area (Å²) >= 11 is 0. The average molecular weight is 394 g/mol. The van der Waals surface area contributed by atoms with E-state index in [4.69, 9.17) is 14.2 Å². The number of nitrogens with one attached hydrogen (secondary N) is 2. The van der Waals surface area contributed by atoms with Crippen LogP contribution in [0.2, 0.25) is 0 Å². The zero-order chi connectivity index (χ0) is 21.3. The lowest BCUT2D eigenvalue weighted by atomic mass is 10.0. The van der Waals surface area contributed by atoms with E-state index in [0.29, 0.717) is 11.3 Å². The minimum Gasteiger partial charge on any atom is -0.497 e. The first kappa shape index (κ1) is 23.3. The van der Waals surface area contributed by atoms with Crippen molar-refractivity contribution < 1.29 is 28.6 Å². The molecule has 28 heavy (non-hydrogen) atoms. The maximum absolute atomic E-state index is 12.6. The van der Waals surface area contributed by atoms with E-state index < -0.39 is 35.7 Å². The molecule has 0 spiro atoms. The topological polar surface area (TPSA) is 103 Å². The van der Waals surface area contributed by atoms with Crippen LogP contribution in [0.1, 0.15) is 52.6 Å². The molecular weight excluding hydrogens is 364 g/mol. The molecule has 2 unspecified atom stereocenters. The first-order chi connectivity index (χ1) is 13.1. The summed E-state index contributed by atoms with van der Waals surface area (Å²) in [5.74, 6) is -0.299. The smallest absolute Gasteiger partial charge is 0.408 e. The van der Waals surface area contributed by atoms with Crippen molar-refractivity contribution in [2.45, 2.75) is 58.7 Å². The fraction of sp³-hybridized carbons (Fsp3) is 0.550. The molecule has 0 fully saturated rings. The predicted molar refractivity (Wildman–Crippen MR) is 104 cm³/mol. The Balaban J connectivity index is 2.87. The van der Waals surface area contributed by atoms with Gasteiger partial charge in [0.05, 0.1) is 26.2 Å². The van der Waals surface area contributed by atoms with Gasteiger partial charge in [-0.25, -0.2) is 4.79 Å². The van der Waals surface area contributed by atoms with Crippen molar-refractivity contribution >= 4 is 18.0 Å². The molecule has 8 nitrogen and oxygen atoms in total. The van der Waals surface area contributed by atoms with Crippen LogP contribution in [0.5, 0.6) is 5.75 Å². The zero-order valence-electron chi connectivity index (χ0n) is 17.3. The number of benzene rings is 1. The minimum atomic E-state index is -0.856. The number of methoxy groups -OCH3 is 1. The SMILES string of the molecule is CCOC(=O)CC(NC(=O)C(C)NC(=O)OC(C)(C)C)c1cccc(OC)c1. The number of ether oxygens (including phenoxy) is 3. The molecule has 0 heterocycles. The zero-order valence-corrected chi connectivity index (χ0v) is 17.3. The van der Waals surface area contributed by atoms with Crippen LogP contribution in [-0.4, -0.2) is 43.3 Å². The van der Waals surface area contributed by atoms with Gasteiger partial charge in [-0.1, -0.05) is 12.1 Å². The predicted octanol–water partition coefficient (Wildman–Crippen LogP) is 2.72. The number of esters is 1. The molecule has 156 valence electrons. The van der Waals surface area contributed by atoms with Gasteiger partial charge in [-0.05, 0) is 52.3 Å². The van der Waals surface area contributed by atoms with E-state index in [1.165, 1.54) is 14.0 Å². The van der Waals surface area contributed by atoms with Gasteiger partial charge < -0.3 is 24.8 Å². The first-order valence-corrected chi connectivity index (χ1v) is 9.15. The lowest BCUT2D eigenvalue weighted by Crippen LogP contribution is -2.47. The highest BCUT2D eigenvalue weighted by Gasteiger charge is 2.25. The molecule has 0 radical (unpaired) electrons. The van der Waals surface area contributed by atoms with Gasteiger partial charge in [-0.2, -0.15) is 0 Å². The summed E-state index contributed by atoms with van der Waals surface area (Å²) < 4.78 is 15.4. The fourth-order valence-corrected chi connectivity index (χ4v) is 2.34. The van der Waals surface area contributed by atoms with Crippen molar-refractivity contribution in [3.8, 4) is 5.75 Å². The van der Waals surface area contributed by atoms with Crippen LogP contribution in [0, 0.1) is 0 Å². The molecule has 1 aromatic carbocycles. The van der Waals surface area contributed by atoms with Crippen molar-refractivity contribution in [3.63, 3.8) is 0 Å². The van der Waals surface area contributed by atoms with Gasteiger partial charge in [0.25, 0.3) is 0 Å². The molecule has 0 saturated carbocycles. The highest BCUT2D eigenvalue weighted by atomic mass is 16.6. The van der Waals surface area contributed by atoms with Gasteiger partial charge in [0, 0.05) is 0 Å². The first-order valence-electron chi connectivity index (χ1n) is 9.15. The van der Waals surface area contributed by atoms with E-state index in [1.807, 2.05) is 0 Å². The van der Waals surface area contributed by atoms with Crippen LogP contribution in [0.15, 0.2) is 24.3 Å². The van der Waals surface area contributed by atoms with E-state index in [2.05, 4.69) is 10.6 Å². The third kappa shape index (κ3) is 8.28. The molecule has 0 aliphatic carbocycles. The molecule has 1 aromatic rings. The Morgan fingerprint density at radius 1 is 1.14 bits per heavy atom. The summed E-state index contributed by atoms with van der Waals surface area (Å²) in [6, 6.07) is 5.55. The van der Waals surface area contributed by atoms with Crippen LogP contribution in [-0.2, 0) is 19.1 Å². The Labute approximate surface area is 165 Å². The quantitative estimate of drug-likeness (QED) is 0.657. The number of hydrogen-bond donors (Lipinski definition) is 2. The lowest BCUT2D eigenvalue weighted by Gasteiger charge is -2.24. The molecule has 0 saturated heterocycles. The molecule has 0 bridgehead atoms. The number of hydrogen-bond acceptors (Lipinski definition) is 6. The molecule has 1 rings (SSSR count). The standard InChI is InChI=1S/C20H30N2O6/c1-7-27-17(23)12-16(14-9-8-10-15(11-14)26-6)22-18(24)13(2)21-19(25)28-20(3,4)5/h8-11,13,16H,7,12H2,1-6H3,(H,21,25)(H,22,24). The highest BCUT2D eigenvalue weighted by Crippen LogP contribution is 2.22. The third-order valence-electron chi connectivity index (χ3n) is 3.62. The summed E-state index contributed by atoms with van der Waals surface area (Å²) in [5, 5.41) is 5.26. The molecule has 2 amide bonds. The average Bonchev–Trinajstić information content (AvgIpc) is 2.59. The van der Waals surface area contributed by atoms with E-state index in [9.17, 15) is 14.4 Å². The molecule has 0 aliphatic heterocycles. The third-order valence-corrected chi connectivity index (χ3v) is 3.62. The van der Waals surface area contributed by atoms with Gasteiger partial charge in [0.15, 0.2) is 0 Å². The van der Waals surface area contributed by atoms with Crippen molar-refractivity contribution in [1.82, 2.24) is 10.6 Å². The summed E-state index contributed by atoms with van der Waals surface area (Å²) in [6.07, 6.45) is -0.746. The normalized spacial score (nSPS) is 13.1. The van der Waals surface area contributed by atoms with Crippen molar-refractivity contribution in [1.29, 1.82) is 0 Å². The Hall–Kier alpha value is -2.77. The molecule has 0 aromatic heterocycles. The van der Waals surface area contributed by atoms with Crippen molar-refractivity contribution in [2.24, 2.45) is 0 Å². The fourth-order valence-electron chi connectivity index (χ4n) is 2.34. The van der Waals surface area contributed by atoms with Gasteiger partial charge in [0.2, 0.25) is 5.91 Å². The maximum atomic E-state index is 12.6. The van der Waals surface area contributed by atoms with E-state index in [1.54, 1.807) is 52.0 Å². The van der Waals surface area contributed by atoms with Gasteiger partial charge >= 0.3 is 12.1 Å². The Bertz CT molecular complexity index is 684. The Morgan fingerprint density at radius 2 is 1.82 bits per heavy atom. The Kier molecular flexibility index (Phi) is 8.76. The van der Waals surface area contributed by atoms with Crippen molar-refractivity contribution in [2.75, 3.05) is 13.7 Å². The number of carbonyl (C=O) groups is 3. The molecule has 0 aliphatic rings. The lowest BCUT2D eigenvalue weighted by molar-refractivity contribution is -0.143. The summed E-state index contributed by atoms with van der Waals surface area (Å²) in [6.45, 7) is 8.69. The second-order valence-corrected chi connectivity index (χ2v) is 7.21. The van der Waals surface area contributed by atoms with Crippen molar-refractivity contribution in [3.05, 3.63) is 29.8 Å². The molecule has 2 N–H and O–H groups in total. The molecule has 2 atom stereocenters. The van der Waals surface area contributed by atoms with Crippen LogP contribution < -0.4 is 15.4 Å². The number of rotatable bonds is 8.